The molecule has 0 N–H and O–H groups in total. The summed E-state index contributed by atoms with van der Waals surface area (Å²) in [6, 6.07) is 0. The Morgan fingerprint density at radius 3 is 2.25 bits per heavy atom. The Hall–Kier alpha value is -0.340. The minimum Gasteiger partial charge on any atom is -0.304 e. The molecule has 0 aromatic rings. The molecule has 0 bridgehead atoms. The maximum Gasteiger partial charge on any atom is 0.0166 e. The average molecular weight is 168 g/mol. The van der Waals surface area contributed by atoms with Gasteiger partial charge in [0.05, 0.1) is 0 Å². The largest absolute Gasteiger partial charge is 0.304 e. The van der Waals surface area contributed by atoms with Crippen LogP contribution in [0.1, 0.15) is 13.8 Å². The van der Waals surface area contributed by atoms with Crippen molar-refractivity contribution in [2.45, 2.75) is 13.8 Å². The van der Waals surface area contributed by atoms with Crippen LogP contribution in [0.4, 0.5) is 0 Å². The number of hydrogen-bond acceptors (Lipinski definition) is 2. The fourth-order valence-electron chi connectivity index (χ4n) is 1.34. The van der Waals surface area contributed by atoms with Crippen LogP contribution in [0.2, 0.25) is 0 Å². The van der Waals surface area contributed by atoms with Crippen LogP contribution in [0.25, 0.3) is 0 Å². The topological polar surface area (TPSA) is 6.48 Å². The molecule has 2 heteroatoms. The molecule has 0 aliphatic carbocycles. The number of allylic oxidation sites excluding steroid dienone is 1. The lowest BCUT2D eigenvalue weighted by Gasteiger charge is -2.31. The summed E-state index contributed by atoms with van der Waals surface area (Å²) >= 11 is 0. The van der Waals surface area contributed by atoms with E-state index in [0.717, 1.165) is 6.54 Å². The van der Waals surface area contributed by atoms with Gasteiger partial charge in [-0.2, -0.15) is 0 Å². The van der Waals surface area contributed by atoms with Crippen molar-refractivity contribution in [3.63, 3.8) is 0 Å². The molecule has 0 radical (unpaired) electrons. The highest BCUT2D eigenvalue weighted by Gasteiger charge is 2.11. The maximum atomic E-state index is 2.51. The molecular formula is C10H20N2. The standard InChI is InChI=1S/C10H20N2/c1-10(2)4-5-12-8-6-11(3)7-9-12/h4H,5-9H2,1-3H3. The second kappa shape index (κ2) is 4.63. The van der Waals surface area contributed by atoms with Gasteiger partial charge >= 0.3 is 0 Å². The van der Waals surface area contributed by atoms with E-state index in [1.807, 2.05) is 0 Å². The van der Waals surface area contributed by atoms with E-state index in [-0.39, 0.29) is 0 Å². The van der Waals surface area contributed by atoms with Crippen molar-refractivity contribution < 1.29 is 0 Å². The van der Waals surface area contributed by atoms with Gasteiger partial charge in [0.25, 0.3) is 0 Å². The molecule has 1 aliphatic rings. The molecule has 1 heterocycles. The zero-order valence-electron chi connectivity index (χ0n) is 8.51. The molecule has 1 saturated heterocycles. The van der Waals surface area contributed by atoms with Crippen molar-refractivity contribution in [1.82, 2.24) is 9.80 Å². The summed E-state index contributed by atoms with van der Waals surface area (Å²) in [7, 11) is 2.19. The minimum absolute atomic E-state index is 1.14. The minimum atomic E-state index is 1.14. The Bertz CT molecular complexity index is 151. The lowest BCUT2D eigenvalue weighted by atomic mass is 10.3. The molecule has 70 valence electrons. The molecule has 0 unspecified atom stereocenters. The zero-order chi connectivity index (χ0) is 8.97. The predicted molar refractivity (Wildman–Crippen MR) is 53.4 cm³/mol. The Kier molecular flexibility index (Phi) is 3.76. The monoisotopic (exact) mass is 168 g/mol. The fraction of sp³-hybridized carbons (Fsp3) is 0.800. The summed E-state index contributed by atoms with van der Waals surface area (Å²) in [5.74, 6) is 0. The molecule has 0 saturated carbocycles. The van der Waals surface area contributed by atoms with E-state index in [4.69, 9.17) is 0 Å². The van der Waals surface area contributed by atoms with Crippen LogP contribution in [0.5, 0.6) is 0 Å². The second-order valence-electron chi connectivity index (χ2n) is 3.89. The third-order valence-electron chi connectivity index (χ3n) is 2.35. The molecule has 2 nitrogen and oxygen atoms in total. The summed E-state index contributed by atoms with van der Waals surface area (Å²) in [5.41, 5.74) is 1.42. The van der Waals surface area contributed by atoms with E-state index in [2.05, 4.69) is 36.8 Å². The van der Waals surface area contributed by atoms with Crippen LogP contribution < -0.4 is 0 Å². The van der Waals surface area contributed by atoms with Crippen molar-refractivity contribution in [3.05, 3.63) is 11.6 Å². The molecule has 12 heavy (non-hydrogen) atoms. The first kappa shape index (κ1) is 9.75. The molecule has 1 rings (SSSR count). The highest BCUT2D eigenvalue weighted by atomic mass is 15.2. The summed E-state index contributed by atoms with van der Waals surface area (Å²) in [5, 5.41) is 0. The molecule has 0 aromatic carbocycles. The first-order chi connectivity index (χ1) is 5.68. The lowest BCUT2D eigenvalue weighted by Crippen LogP contribution is -2.44. The molecule has 0 amide bonds. The van der Waals surface area contributed by atoms with Crippen LogP contribution in [-0.2, 0) is 0 Å². The number of likely N-dealkylation sites (N-methyl/N-ethyl adjacent to an activating group) is 1. The van der Waals surface area contributed by atoms with Gasteiger partial charge in [0.1, 0.15) is 0 Å². The average Bonchev–Trinajstić information content (AvgIpc) is 2.03. The third kappa shape index (κ3) is 3.37. The van der Waals surface area contributed by atoms with Gasteiger partial charge in [-0.25, -0.2) is 0 Å². The highest BCUT2D eigenvalue weighted by Crippen LogP contribution is 1.99. The number of nitrogens with zero attached hydrogens (tertiary/aromatic N) is 2. The summed E-state index contributed by atoms with van der Waals surface area (Å²) in [6.45, 7) is 10.3. The summed E-state index contributed by atoms with van der Waals surface area (Å²) in [4.78, 5) is 4.89. The van der Waals surface area contributed by atoms with Crippen molar-refractivity contribution in [2.75, 3.05) is 39.8 Å². The van der Waals surface area contributed by atoms with E-state index in [1.165, 1.54) is 31.8 Å². The molecular weight excluding hydrogens is 148 g/mol. The zero-order valence-corrected chi connectivity index (χ0v) is 8.51. The van der Waals surface area contributed by atoms with Crippen LogP contribution in [0.3, 0.4) is 0 Å². The second-order valence-corrected chi connectivity index (χ2v) is 3.89. The van der Waals surface area contributed by atoms with Crippen molar-refractivity contribution in [3.8, 4) is 0 Å². The molecule has 1 aliphatic heterocycles. The van der Waals surface area contributed by atoms with E-state index < -0.39 is 0 Å². The van der Waals surface area contributed by atoms with Gasteiger partial charge in [-0.3, -0.25) is 4.90 Å². The predicted octanol–water partition coefficient (Wildman–Crippen LogP) is 1.20. The van der Waals surface area contributed by atoms with Crippen molar-refractivity contribution >= 4 is 0 Å². The molecule has 0 atom stereocenters. The highest BCUT2D eigenvalue weighted by molar-refractivity contribution is 4.95. The van der Waals surface area contributed by atoms with Crippen molar-refractivity contribution in [2.24, 2.45) is 0 Å². The normalized spacial score (nSPS) is 20.9. The molecule has 0 spiro atoms. The van der Waals surface area contributed by atoms with Gasteiger partial charge in [0.15, 0.2) is 0 Å². The maximum absolute atomic E-state index is 2.51. The Morgan fingerprint density at radius 2 is 1.75 bits per heavy atom. The van der Waals surface area contributed by atoms with Gasteiger partial charge in [0.2, 0.25) is 0 Å². The fourth-order valence-corrected chi connectivity index (χ4v) is 1.34. The third-order valence-corrected chi connectivity index (χ3v) is 2.35. The van der Waals surface area contributed by atoms with E-state index >= 15 is 0 Å². The first-order valence-electron chi connectivity index (χ1n) is 4.73. The van der Waals surface area contributed by atoms with Gasteiger partial charge < -0.3 is 4.90 Å². The van der Waals surface area contributed by atoms with E-state index in [0.29, 0.717) is 0 Å². The Balaban J connectivity index is 2.22. The van der Waals surface area contributed by atoms with Gasteiger partial charge in [0, 0.05) is 32.7 Å². The quantitative estimate of drug-likeness (QED) is 0.572. The summed E-state index contributed by atoms with van der Waals surface area (Å²) < 4.78 is 0. The van der Waals surface area contributed by atoms with Crippen LogP contribution >= 0.6 is 0 Å². The first-order valence-corrected chi connectivity index (χ1v) is 4.73. The van der Waals surface area contributed by atoms with Crippen LogP contribution in [0.15, 0.2) is 11.6 Å². The molecule has 1 fully saturated rings. The van der Waals surface area contributed by atoms with Gasteiger partial charge in [-0.05, 0) is 20.9 Å². The van der Waals surface area contributed by atoms with E-state index in [1.54, 1.807) is 0 Å². The smallest absolute Gasteiger partial charge is 0.0166 e. The van der Waals surface area contributed by atoms with Gasteiger partial charge in [-0.1, -0.05) is 11.6 Å². The number of hydrogen-bond donors (Lipinski definition) is 0. The van der Waals surface area contributed by atoms with E-state index in [9.17, 15) is 0 Å². The summed E-state index contributed by atoms with van der Waals surface area (Å²) in [6.07, 6.45) is 2.31. The van der Waals surface area contributed by atoms with Gasteiger partial charge in [-0.15, -0.1) is 0 Å². The van der Waals surface area contributed by atoms with Crippen molar-refractivity contribution in [1.29, 1.82) is 0 Å². The number of rotatable bonds is 2. The molecule has 0 aromatic heterocycles. The SMILES string of the molecule is CC(C)=CCN1CCN(C)CC1. The Labute approximate surface area is 75.8 Å². The van der Waals surface area contributed by atoms with Crippen LogP contribution in [-0.4, -0.2) is 49.6 Å². The Morgan fingerprint density at radius 1 is 1.17 bits per heavy atom. The number of piperazine rings is 1. The lowest BCUT2D eigenvalue weighted by molar-refractivity contribution is 0.166. The van der Waals surface area contributed by atoms with Crippen LogP contribution in [0, 0.1) is 0 Å².